The van der Waals surface area contributed by atoms with Crippen molar-refractivity contribution in [3.63, 3.8) is 0 Å². The summed E-state index contributed by atoms with van der Waals surface area (Å²) in [7, 11) is 2.23. The molecule has 1 unspecified atom stereocenters. The van der Waals surface area contributed by atoms with Gasteiger partial charge in [-0.1, -0.05) is 19.3 Å². The molecule has 1 saturated heterocycles. The van der Waals surface area contributed by atoms with E-state index in [9.17, 15) is 0 Å². The van der Waals surface area contributed by atoms with Gasteiger partial charge >= 0.3 is 0 Å². The highest BCUT2D eigenvalue weighted by atomic mass is 15.5. The first-order valence-electron chi connectivity index (χ1n) is 7.48. The minimum atomic E-state index is 0.696. The van der Waals surface area contributed by atoms with E-state index in [0.717, 1.165) is 6.04 Å². The Balaban J connectivity index is 1.51. The SMILES string of the molecule is CN1CCN(NC2CCC23CCCCC3)CC1. The molecule has 1 N–H and O–H groups in total. The average molecular weight is 237 g/mol. The monoisotopic (exact) mass is 237 g/mol. The van der Waals surface area contributed by atoms with Gasteiger partial charge in [0.05, 0.1) is 0 Å². The zero-order valence-corrected chi connectivity index (χ0v) is 11.2. The number of hydrogen-bond donors (Lipinski definition) is 1. The smallest absolute Gasteiger partial charge is 0.0271 e. The molecule has 2 aliphatic carbocycles. The highest BCUT2D eigenvalue weighted by Crippen LogP contribution is 2.51. The minimum Gasteiger partial charge on any atom is -0.304 e. The van der Waals surface area contributed by atoms with Crippen molar-refractivity contribution in [1.82, 2.24) is 15.3 Å². The van der Waals surface area contributed by atoms with Gasteiger partial charge in [-0.25, -0.2) is 5.01 Å². The van der Waals surface area contributed by atoms with Crippen LogP contribution >= 0.6 is 0 Å². The number of rotatable bonds is 2. The molecule has 0 amide bonds. The summed E-state index contributed by atoms with van der Waals surface area (Å²) >= 11 is 0. The van der Waals surface area contributed by atoms with Crippen LogP contribution < -0.4 is 5.43 Å². The molecule has 1 aliphatic heterocycles. The molecule has 17 heavy (non-hydrogen) atoms. The predicted octanol–water partition coefficient (Wildman–Crippen LogP) is 1.85. The van der Waals surface area contributed by atoms with Crippen LogP contribution in [0.1, 0.15) is 44.9 Å². The molecular formula is C14H27N3. The van der Waals surface area contributed by atoms with Crippen LogP contribution in [0.2, 0.25) is 0 Å². The fourth-order valence-corrected chi connectivity index (χ4v) is 3.91. The molecule has 1 atom stereocenters. The zero-order chi connectivity index (χ0) is 11.7. The summed E-state index contributed by atoms with van der Waals surface area (Å²) in [4.78, 5) is 2.43. The third kappa shape index (κ3) is 2.38. The number of nitrogens with zero attached hydrogens (tertiary/aromatic N) is 2. The van der Waals surface area contributed by atoms with Crippen LogP contribution in [0.3, 0.4) is 0 Å². The van der Waals surface area contributed by atoms with Crippen LogP contribution in [0.4, 0.5) is 0 Å². The summed E-state index contributed by atoms with van der Waals surface area (Å²) in [6.07, 6.45) is 10.3. The second kappa shape index (κ2) is 4.87. The predicted molar refractivity (Wildman–Crippen MR) is 70.7 cm³/mol. The molecule has 3 nitrogen and oxygen atoms in total. The van der Waals surface area contributed by atoms with Gasteiger partial charge in [0.15, 0.2) is 0 Å². The first-order chi connectivity index (χ1) is 8.28. The van der Waals surface area contributed by atoms with Crippen molar-refractivity contribution in [3.8, 4) is 0 Å². The molecule has 0 radical (unpaired) electrons. The lowest BCUT2D eigenvalue weighted by Gasteiger charge is -2.54. The fraction of sp³-hybridized carbons (Fsp3) is 1.00. The molecular weight excluding hydrogens is 210 g/mol. The number of nitrogens with one attached hydrogen (secondary N) is 1. The van der Waals surface area contributed by atoms with Crippen molar-refractivity contribution in [2.24, 2.45) is 5.41 Å². The zero-order valence-electron chi connectivity index (χ0n) is 11.2. The maximum absolute atomic E-state index is 3.84. The minimum absolute atomic E-state index is 0.696. The van der Waals surface area contributed by atoms with Gasteiger partial charge in [-0.05, 0) is 38.1 Å². The van der Waals surface area contributed by atoms with Crippen molar-refractivity contribution in [1.29, 1.82) is 0 Å². The number of likely N-dealkylation sites (N-methyl/N-ethyl adjacent to an activating group) is 1. The number of hydrazine groups is 1. The maximum Gasteiger partial charge on any atom is 0.0271 e. The van der Waals surface area contributed by atoms with E-state index >= 15 is 0 Å². The standard InChI is InChI=1S/C14H27N3/c1-16-9-11-17(12-10-16)15-13-5-8-14(13)6-3-2-4-7-14/h13,15H,2-12H2,1H3. The molecule has 0 aromatic heterocycles. The van der Waals surface area contributed by atoms with Gasteiger partial charge in [-0.15, -0.1) is 0 Å². The molecule has 3 rings (SSSR count). The Labute approximate surface area is 106 Å². The van der Waals surface area contributed by atoms with Gasteiger partial charge in [-0.3, -0.25) is 5.43 Å². The van der Waals surface area contributed by atoms with Crippen molar-refractivity contribution < 1.29 is 0 Å². The van der Waals surface area contributed by atoms with Crippen LogP contribution in [-0.4, -0.2) is 49.2 Å². The summed E-state index contributed by atoms with van der Waals surface area (Å²) in [5.74, 6) is 0. The molecule has 98 valence electrons. The van der Waals surface area contributed by atoms with Crippen LogP contribution in [0.25, 0.3) is 0 Å². The Hall–Kier alpha value is -0.120. The van der Waals surface area contributed by atoms with Crippen LogP contribution in [-0.2, 0) is 0 Å². The molecule has 3 heteroatoms. The highest BCUT2D eigenvalue weighted by Gasteiger charge is 2.47. The van der Waals surface area contributed by atoms with E-state index in [1.165, 1.54) is 71.1 Å². The van der Waals surface area contributed by atoms with E-state index < -0.39 is 0 Å². The second-order valence-corrected chi connectivity index (χ2v) is 6.43. The lowest BCUT2D eigenvalue weighted by molar-refractivity contribution is -0.0352. The first-order valence-corrected chi connectivity index (χ1v) is 7.48. The number of piperazine rings is 1. The normalized spacial score (nSPS) is 34.8. The van der Waals surface area contributed by atoms with Crippen LogP contribution in [0.15, 0.2) is 0 Å². The maximum atomic E-state index is 3.84. The Kier molecular flexibility index (Phi) is 3.42. The van der Waals surface area contributed by atoms with Gasteiger partial charge in [0.25, 0.3) is 0 Å². The molecule has 0 aromatic carbocycles. The summed E-state index contributed by atoms with van der Waals surface area (Å²) in [5, 5.41) is 2.49. The van der Waals surface area contributed by atoms with Crippen molar-refractivity contribution in [3.05, 3.63) is 0 Å². The quantitative estimate of drug-likeness (QED) is 0.791. The van der Waals surface area contributed by atoms with E-state index in [-0.39, 0.29) is 0 Å². The van der Waals surface area contributed by atoms with E-state index in [1.54, 1.807) is 0 Å². The van der Waals surface area contributed by atoms with Gasteiger partial charge in [0, 0.05) is 32.2 Å². The Morgan fingerprint density at radius 3 is 2.24 bits per heavy atom. The highest BCUT2D eigenvalue weighted by molar-refractivity contribution is 5.01. The van der Waals surface area contributed by atoms with Crippen molar-refractivity contribution in [2.75, 3.05) is 33.2 Å². The van der Waals surface area contributed by atoms with Crippen molar-refractivity contribution in [2.45, 2.75) is 51.0 Å². The largest absolute Gasteiger partial charge is 0.304 e. The molecule has 3 aliphatic rings. The van der Waals surface area contributed by atoms with E-state index in [1.807, 2.05) is 0 Å². The van der Waals surface area contributed by atoms with E-state index in [0.29, 0.717) is 5.41 Å². The Morgan fingerprint density at radius 2 is 1.65 bits per heavy atom. The summed E-state index contributed by atoms with van der Waals surface area (Å²) in [6.45, 7) is 4.82. The van der Waals surface area contributed by atoms with Crippen LogP contribution in [0.5, 0.6) is 0 Å². The van der Waals surface area contributed by atoms with E-state index in [4.69, 9.17) is 0 Å². The Bertz CT molecular complexity index is 252. The molecule has 0 aromatic rings. The first kappa shape index (κ1) is 11.9. The van der Waals surface area contributed by atoms with E-state index in [2.05, 4.69) is 22.4 Å². The topological polar surface area (TPSA) is 18.5 Å². The van der Waals surface area contributed by atoms with Crippen molar-refractivity contribution >= 4 is 0 Å². The molecule has 1 heterocycles. The van der Waals surface area contributed by atoms with Crippen LogP contribution in [0, 0.1) is 5.41 Å². The second-order valence-electron chi connectivity index (χ2n) is 6.43. The lowest BCUT2D eigenvalue weighted by atomic mass is 9.57. The third-order valence-electron chi connectivity index (χ3n) is 5.36. The molecule has 2 saturated carbocycles. The van der Waals surface area contributed by atoms with Gasteiger partial charge in [0.2, 0.25) is 0 Å². The average Bonchev–Trinajstić information content (AvgIpc) is 2.38. The third-order valence-corrected chi connectivity index (χ3v) is 5.36. The fourth-order valence-electron chi connectivity index (χ4n) is 3.91. The summed E-state index contributed by atoms with van der Waals surface area (Å²) in [6, 6.07) is 0.797. The molecule has 0 bridgehead atoms. The van der Waals surface area contributed by atoms with Gasteiger partial charge in [-0.2, -0.15) is 0 Å². The van der Waals surface area contributed by atoms with Gasteiger partial charge in [0.1, 0.15) is 0 Å². The molecule has 3 fully saturated rings. The number of hydrogen-bond acceptors (Lipinski definition) is 3. The lowest BCUT2D eigenvalue weighted by Crippen LogP contribution is -2.62. The summed E-state index contributed by atoms with van der Waals surface area (Å²) < 4.78 is 0. The molecule has 1 spiro atoms. The Morgan fingerprint density at radius 1 is 0.941 bits per heavy atom. The van der Waals surface area contributed by atoms with Gasteiger partial charge < -0.3 is 4.90 Å². The summed E-state index contributed by atoms with van der Waals surface area (Å²) in [5.41, 5.74) is 4.54.